The van der Waals surface area contributed by atoms with Gasteiger partial charge in [-0.25, -0.2) is 4.79 Å². The van der Waals surface area contributed by atoms with Crippen LogP contribution in [0.3, 0.4) is 0 Å². The van der Waals surface area contributed by atoms with Gasteiger partial charge in [-0.2, -0.15) is 13.2 Å². The van der Waals surface area contributed by atoms with Crippen molar-refractivity contribution in [1.82, 2.24) is 9.47 Å². The van der Waals surface area contributed by atoms with Gasteiger partial charge in [0.2, 0.25) is 0 Å². The fourth-order valence-corrected chi connectivity index (χ4v) is 3.78. The third-order valence-corrected chi connectivity index (χ3v) is 5.67. The van der Waals surface area contributed by atoms with Crippen molar-refractivity contribution in [2.24, 2.45) is 0 Å². The normalized spacial score (nSPS) is 11.5. The minimum absolute atomic E-state index is 0.187. The highest BCUT2D eigenvalue weighted by atomic mass is 19.4. The van der Waals surface area contributed by atoms with Crippen LogP contribution in [0.25, 0.3) is 0 Å². The summed E-state index contributed by atoms with van der Waals surface area (Å²) in [4.78, 5) is 14.9. The number of hydrogen-bond acceptors (Lipinski definition) is 1. The predicted octanol–water partition coefficient (Wildman–Crippen LogP) is 7.01. The molecule has 2 amide bonds. The molecule has 33 heavy (non-hydrogen) atoms. The molecule has 3 rings (SSSR count). The highest BCUT2D eigenvalue weighted by Gasteiger charge is 2.30. The lowest BCUT2D eigenvalue weighted by Crippen LogP contribution is -2.36. The predicted molar refractivity (Wildman–Crippen MR) is 125 cm³/mol. The van der Waals surface area contributed by atoms with Crippen LogP contribution in [-0.4, -0.2) is 22.0 Å². The first-order chi connectivity index (χ1) is 15.7. The lowest BCUT2D eigenvalue weighted by atomic mass is 10.1. The Morgan fingerprint density at radius 3 is 2.39 bits per heavy atom. The lowest BCUT2D eigenvalue weighted by molar-refractivity contribution is -0.137. The molecule has 3 aromatic rings. The highest BCUT2D eigenvalue weighted by Crippen LogP contribution is 2.30. The summed E-state index contributed by atoms with van der Waals surface area (Å²) >= 11 is 0. The number of anilines is 1. The number of nitrogens with one attached hydrogen (secondary N) is 1. The Morgan fingerprint density at radius 2 is 1.73 bits per heavy atom. The zero-order valence-electron chi connectivity index (χ0n) is 19.2. The summed E-state index contributed by atoms with van der Waals surface area (Å²) in [7, 11) is 0. The summed E-state index contributed by atoms with van der Waals surface area (Å²) in [5.74, 6) is 0. The largest absolute Gasteiger partial charge is 0.416 e. The number of para-hydroxylation sites is 1. The average molecular weight is 458 g/mol. The summed E-state index contributed by atoms with van der Waals surface area (Å²) in [6.07, 6.45) is -0.748. The molecule has 0 aliphatic rings. The Hall–Kier alpha value is -3.22. The number of hydrogen-bond donors (Lipinski definition) is 1. The molecule has 0 saturated carbocycles. The Bertz CT molecular complexity index is 1070. The van der Waals surface area contributed by atoms with E-state index in [9.17, 15) is 18.0 Å². The number of rotatable bonds is 8. The van der Waals surface area contributed by atoms with Crippen molar-refractivity contribution >= 4 is 11.7 Å². The molecule has 0 bridgehead atoms. The van der Waals surface area contributed by atoms with Crippen LogP contribution in [0.5, 0.6) is 0 Å². The molecule has 0 saturated heterocycles. The van der Waals surface area contributed by atoms with E-state index in [4.69, 9.17) is 0 Å². The second kappa shape index (κ2) is 10.6. The van der Waals surface area contributed by atoms with E-state index in [0.29, 0.717) is 25.2 Å². The number of amides is 2. The molecule has 2 aromatic carbocycles. The Labute approximate surface area is 193 Å². The van der Waals surface area contributed by atoms with Crippen molar-refractivity contribution in [2.75, 3.05) is 11.9 Å². The van der Waals surface area contributed by atoms with Gasteiger partial charge in [0.1, 0.15) is 0 Å². The summed E-state index contributed by atoms with van der Waals surface area (Å²) in [5.41, 5.74) is 3.55. The molecule has 0 aliphatic heterocycles. The molecular weight excluding hydrogens is 427 g/mol. The number of carbonyl (C=O) groups excluding carboxylic acids is 1. The summed E-state index contributed by atoms with van der Waals surface area (Å²) < 4.78 is 41.1. The van der Waals surface area contributed by atoms with E-state index >= 15 is 0 Å². The maximum atomic E-state index is 13.2. The van der Waals surface area contributed by atoms with E-state index in [-0.39, 0.29) is 6.03 Å². The van der Waals surface area contributed by atoms with Crippen molar-refractivity contribution in [1.29, 1.82) is 0 Å². The first-order valence-corrected chi connectivity index (χ1v) is 11.1. The van der Waals surface area contributed by atoms with E-state index in [1.54, 1.807) is 11.0 Å². The van der Waals surface area contributed by atoms with Gasteiger partial charge >= 0.3 is 12.2 Å². The Morgan fingerprint density at radius 1 is 1.03 bits per heavy atom. The average Bonchev–Trinajstić information content (AvgIpc) is 3.19. The van der Waals surface area contributed by atoms with E-state index in [0.717, 1.165) is 41.4 Å². The van der Waals surface area contributed by atoms with Crippen molar-refractivity contribution < 1.29 is 18.0 Å². The molecule has 1 heterocycles. The molecule has 0 spiro atoms. The first-order valence-electron chi connectivity index (χ1n) is 11.1. The fourth-order valence-electron chi connectivity index (χ4n) is 3.78. The van der Waals surface area contributed by atoms with Crippen LogP contribution < -0.4 is 5.32 Å². The minimum Gasteiger partial charge on any atom is -0.345 e. The van der Waals surface area contributed by atoms with Gasteiger partial charge in [-0.3, -0.25) is 0 Å². The van der Waals surface area contributed by atoms with E-state index in [2.05, 4.69) is 12.2 Å². The van der Waals surface area contributed by atoms with E-state index in [1.165, 1.54) is 12.1 Å². The quantitative estimate of drug-likeness (QED) is 0.388. The zero-order chi connectivity index (χ0) is 24.0. The van der Waals surface area contributed by atoms with Crippen LogP contribution in [0.2, 0.25) is 0 Å². The lowest BCUT2D eigenvalue weighted by Gasteiger charge is -2.25. The molecule has 1 aromatic heterocycles. The van der Waals surface area contributed by atoms with Gasteiger partial charge in [0.05, 0.1) is 12.1 Å². The summed E-state index contributed by atoms with van der Waals surface area (Å²) in [5, 5.41) is 3.05. The zero-order valence-corrected chi connectivity index (χ0v) is 19.2. The SMILES string of the molecule is CCCCN(Cc1cccn1Cc1cccc(C(F)(F)F)c1)C(=O)Nc1c(C)cccc1C. The smallest absolute Gasteiger partial charge is 0.345 e. The third kappa shape index (κ3) is 6.40. The number of unbranched alkanes of at least 4 members (excludes halogenated alkanes) is 1. The van der Waals surface area contributed by atoms with Gasteiger partial charge in [0.25, 0.3) is 0 Å². The molecule has 4 nitrogen and oxygen atoms in total. The second-order valence-corrected chi connectivity index (χ2v) is 8.30. The van der Waals surface area contributed by atoms with Crippen LogP contribution in [0.4, 0.5) is 23.7 Å². The number of benzene rings is 2. The number of halogens is 3. The topological polar surface area (TPSA) is 37.3 Å². The number of urea groups is 1. The van der Waals surface area contributed by atoms with Gasteiger partial charge in [0.15, 0.2) is 0 Å². The monoisotopic (exact) mass is 457 g/mol. The second-order valence-electron chi connectivity index (χ2n) is 8.30. The fraction of sp³-hybridized carbons (Fsp3) is 0.346. The molecule has 1 N–H and O–H groups in total. The van der Waals surface area contributed by atoms with Gasteiger partial charge in [-0.1, -0.05) is 43.7 Å². The molecular formula is C26H30F3N3O. The van der Waals surface area contributed by atoms with Crippen molar-refractivity contribution in [3.8, 4) is 0 Å². The third-order valence-electron chi connectivity index (χ3n) is 5.67. The van der Waals surface area contributed by atoms with Crippen LogP contribution in [-0.2, 0) is 19.3 Å². The first kappa shape index (κ1) is 24.4. The van der Waals surface area contributed by atoms with Crippen molar-refractivity contribution in [3.05, 3.63) is 88.7 Å². The molecule has 176 valence electrons. The van der Waals surface area contributed by atoms with Gasteiger partial charge < -0.3 is 14.8 Å². The molecule has 7 heteroatoms. The van der Waals surface area contributed by atoms with Gasteiger partial charge in [-0.15, -0.1) is 0 Å². The number of aryl methyl sites for hydroxylation is 2. The number of aromatic nitrogens is 1. The number of nitrogens with zero attached hydrogens (tertiary/aromatic N) is 2. The number of alkyl halides is 3. The van der Waals surface area contributed by atoms with Crippen LogP contribution in [0.15, 0.2) is 60.8 Å². The Balaban J connectivity index is 1.78. The van der Waals surface area contributed by atoms with Crippen molar-refractivity contribution in [2.45, 2.75) is 52.9 Å². The number of carbonyl (C=O) groups is 1. The van der Waals surface area contributed by atoms with Crippen molar-refractivity contribution in [3.63, 3.8) is 0 Å². The molecule has 0 atom stereocenters. The van der Waals surface area contributed by atoms with Gasteiger partial charge in [0, 0.05) is 30.7 Å². The summed E-state index contributed by atoms with van der Waals surface area (Å²) in [6.45, 7) is 7.23. The van der Waals surface area contributed by atoms with E-state index < -0.39 is 11.7 Å². The van der Waals surface area contributed by atoms with Crippen LogP contribution in [0, 0.1) is 13.8 Å². The summed E-state index contributed by atoms with van der Waals surface area (Å²) in [6, 6.07) is 14.8. The van der Waals surface area contributed by atoms with Gasteiger partial charge in [-0.05, 0) is 61.2 Å². The maximum absolute atomic E-state index is 13.2. The molecule has 0 fully saturated rings. The van der Waals surface area contributed by atoms with Crippen LogP contribution in [0.1, 0.15) is 47.7 Å². The standard InChI is InChI=1S/C26H30F3N3O/c1-4-5-14-32(25(33)30-24-19(2)9-6-10-20(24)3)18-23-13-8-15-31(23)17-21-11-7-12-22(16-21)26(27,28)29/h6-13,15-16H,4-5,14,17-18H2,1-3H3,(H,30,33). The highest BCUT2D eigenvalue weighted by molar-refractivity contribution is 5.91. The molecule has 0 unspecified atom stereocenters. The Kier molecular flexibility index (Phi) is 7.84. The van der Waals surface area contributed by atoms with E-state index in [1.807, 2.05) is 54.9 Å². The van der Waals surface area contributed by atoms with Crippen LogP contribution >= 0.6 is 0 Å². The molecule has 0 aliphatic carbocycles. The maximum Gasteiger partial charge on any atom is 0.416 e. The minimum atomic E-state index is -4.38. The molecule has 0 radical (unpaired) electrons.